The van der Waals surface area contributed by atoms with Crippen molar-refractivity contribution in [1.82, 2.24) is 15.1 Å². The van der Waals surface area contributed by atoms with Gasteiger partial charge in [0.1, 0.15) is 5.82 Å². The Balaban J connectivity index is 1.88. The minimum Gasteiger partial charge on any atom is -0.310 e. The van der Waals surface area contributed by atoms with E-state index in [2.05, 4.69) is 17.3 Å². The molecule has 0 radical (unpaired) electrons. The fraction of sp³-hybridized carbons (Fsp3) is 0.471. The molecular weight excluding hydrogens is 265 g/mol. The number of nitrogens with one attached hydrogen (secondary N) is 1. The van der Waals surface area contributed by atoms with Gasteiger partial charge < -0.3 is 5.32 Å². The number of nitrogens with zero attached hydrogens (tertiary/aromatic N) is 2. The highest BCUT2D eigenvalue weighted by Crippen LogP contribution is 2.26. The number of benzene rings is 1. The monoisotopic (exact) mass is 287 g/mol. The SMILES string of the molecule is CCCc1nn(C)cc1-c1ccc(F)c(CNC2CC2)c1. The largest absolute Gasteiger partial charge is 0.310 e. The van der Waals surface area contributed by atoms with E-state index >= 15 is 0 Å². The third kappa shape index (κ3) is 3.32. The molecule has 1 aliphatic rings. The summed E-state index contributed by atoms with van der Waals surface area (Å²) in [4.78, 5) is 0. The summed E-state index contributed by atoms with van der Waals surface area (Å²) in [5, 5.41) is 7.90. The second-order valence-electron chi connectivity index (χ2n) is 5.87. The fourth-order valence-corrected chi connectivity index (χ4v) is 2.62. The smallest absolute Gasteiger partial charge is 0.127 e. The van der Waals surface area contributed by atoms with Crippen LogP contribution in [0.25, 0.3) is 11.1 Å². The van der Waals surface area contributed by atoms with Gasteiger partial charge in [0.15, 0.2) is 0 Å². The van der Waals surface area contributed by atoms with Crippen molar-refractivity contribution in [3.8, 4) is 11.1 Å². The molecule has 0 saturated heterocycles. The molecule has 1 aromatic carbocycles. The molecule has 3 rings (SSSR count). The summed E-state index contributed by atoms with van der Waals surface area (Å²) in [5.74, 6) is -0.132. The number of rotatable bonds is 6. The molecule has 112 valence electrons. The summed E-state index contributed by atoms with van der Waals surface area (Å²) in [7, 11) is 1.93. The average molecular weight is 287 g/mol. The molecule has 0 amide bonds. The Morgan fingerprint density at radius 1 is 1.38 bits per heavy atom. The highest BCUT2D eigenvalue weighted by Gasteiger charge is 2.21. The van der Waals surface area contributed by atoms with E-state index in [1.807, 2.05) is 30.1 Å². The standard InChI is InChI=1S/C17H22FN3/c1-3-4-17-15(11-21(2)20-17)12-5-8-16(18)13(9-12)10-19-14-6-7-14/h5,8-9,11,14,19H,3-4,6-7,10H2,1-2H3. The van der Waals surface area contributed by atoms with Crippen LogP contribution in [0.1, 0.15) is 37.4 Å². The van der Waals surface area contributed by atoms with Crippen LogP contribution in [-0.4, -0.2) is 15.8 Å². The van der Waals surface area contributed by atoms with Crippen molar-refractivity contribution < 1.29 is 4.39 Å². The summed E-state index contributed by atoms with van der Waals surface area (Å²) in [5.41, 5.74) is 4.01. The van der Waals surface area contributed by atoms with Crippen LogP contribution in [0, 0.1) is 5.82 Å². The lowest BCUT2D eigenvalue weighted by molar-refractivity contribution is 0.587. The van der Waals surface area contributed by atoms with E-state index in [-0.39, 0.29) is 5.82 Å². The van der Waals surface area contributed by atoms with Gasteiger partial charge in [0.25, 0.3) is 0 Å². The van der Waals surface area contributed by atoms with Crippen molar-refractivity contribution in [2.24, 2.45) is 7.05 Å². The van der Waals surface area contributed by atoms with E-state index in [9.17, 15) is 4.39 Å². The maximum atomic E-state index is 13.9. The normalized spacial score (nSPS) is 14.6. The lowest BCUT2D eigenvalue weighted by Crippen LogP contribution is -2.16. The highest BCUT2D eigenvalue weighted by molar-refractivity contribution is 5.66. The summed E-state index contributed by atoms with van der Waals surface area (Å²) in [6, 6.07) is 5.97. The summed E-state index contributed by atoms with van der Waals surface area (Å²) in [6.45, 7) is 2.75. The molecule has 3 nitrogen and oxygen atoms in total. The average Bonchev–Trinajstić information content (AvgIpc) is 3.22. The first-order valence-electron chi connectivity index (χ1n) is 7.72. The molecule has 1 heterocycles. The lowest BCUT2D eigenvalue weighted by atomic mass is 10.0. The van der Waals surface area contributed by atoms with Crippen LogP contribution in [0.4, 0.5) is 4.39 Å². The van der Waals surface area contributed by atoms with Gasteiger partial charge in [0.2, 0.25) is 0 Å². The molecule has 1 fully saturated rings. The lowest BCUT2D eigenvalue weighted by Gasteiger charge is -2.08. The van der Waals surface area contributed by atoms with Gasteiger partial charge in [0.05, 0.1) is 5.69 Å². The van der Waals surface area contributed by atoms with Gasteiger partial charge in [-0.1, -0.05) is 19.4 Å². The zero-order valence-corrected chi connectivity index (χ0v) is 12.7. The predicted octanol–water partition coefficient (Wildman–Crippen LogP) is 3.43. The Labute approximate surface area is 125 Å². The van der Waals surface area contributed by atoms with Crippen molar-refractivity contribution in [1.29, 1.82) is 0 Å². The van der Waals surface area contributed by atoms with Gasteiger partial charge in [-0.25, -0.2) is 4.39 Å². The van der Waals surface area contributed by atoms with Crippen LogP contribution in [0.5, 0.6) is 0 Å². The molecule has 1 N–H and O–H groups in total. The maximum Gasteiger partial charge on any atom is 0.127 e. The second kappa shape index (κ2) is 5.98. The quantitative estimate of drug-likeness (QED) is 0.882. The van der Waals surface area contributed by atoms with Crippen molar-refractivity contribution in [2.45, 2.75) is 45.2 Å². The Morgan fingerprint density at radius 3 is 2.90 bits per heavy atom. The number of hydrogen-bond donors (Lipinski definition) is 1. The minimum absolute atomic E-state index is 0.132. The van der Waals surface area contributed by atoms with Crippen LogP contribution in [0.15, 0.2) is 24.4 Å². The number of aromatic nitrogens is 2. The molecule has 0 atom stereocenters. The van der Waals surface area contributed by atoms with Crippen LogP contribution >= 0.6 is 0 Å². The first-order chi connectivity index (χ1) is 10.2. The topological polar surface area (TPSA) is 29.9 Å². The highest BCUT2D eigenvalue weighted by atomic mass is 19.1. The van der Waals surface area contributed by atoms with Crippen LogP contribution < -0.4 is 5.32 Å². The third-order valence-electron chi connectivity index (χ3n) is 3.91. The van der Waals surface area contributed by atoms with Gasteiger partial charge in [-0.3, -0.25) is 4.68 Å². The molecule has 0 aliphatic heterocycles. The third-order valence-corrected chi connectivity index (χ3v) is 3.91. The molecule has 0 spiro atoms. The van der Waals surface area contributed by atoms with Gasteiger partial charge >= 0.3 is 0 Å². The Bertz CT molecular complexity index is 629. The fourth-order valence-electron chi connectivity index (χ4n) is 2.62. The van der Waals surface area contributed by atoms with Crippen LogP contribution in [-0.2, 0) is 20.0 Å². The van der Waals surface area contributed by atoms with Gasteiger partial charge in [-0.15, -0.1) is 0 Å². The Hall–Kier alpha value is -1.68. The van der Waals surface area contributed by atoms with E-state index in [0.29, 0.717) is 12.6 Å². The minimum atomic E-state index is -0.132. The van der Waals surface area contributed by atoms with E-state index in [4.69, 9.17) is 0 Å². The van der Waals surface area contributed by atoms with Gasteiger partial charge in [0, 0.05) is 37.0 Å². The molecule has 2 aromatic rings. The molecule has 0 bridgehead atoms. The molecule has 4 heteroatoms. The van der Waals surface area contributed by atoms with E-state index < -0.39 is 0 Å². The maximum absolute atomic E-state index is 13.9. The molecule has 1 aromatic heterocycles. The molecule has 21 heavy (non-hydrogen) atoms. The first-order valence-corrected chi connectivity index (χ1v) is 7.72. The number of halogens is 1. The number of hydrogen-bond acceptors (Lipinski definition) is 2. The molecule has 1 aliphatic carbocycles. The molecule has 1 saturated carbocycles. The van der Waals surface area contributed by atoms with Crippen molar-refractivity contribution in [3.63, 3.8) is 0 Å². The first kappa shape index (κ1) is 14.3. The van der Waals surface area contributed by atoms with Crippen molar-refractivity contribution >= 4 is 0 Å². The number of aryl methyl sites for hydroxylation is 2. The predicted molar refractivity (Wildman–Crippen MR) is 82.5 cm³/mol. The van der Waals surface area contributed by atoms with Crippen molar-refractivity contribution in [2.75, 3.05) is 0 Å². The van der Waals surface area contributed by atoms with Crippen molar-refractivity contribution in [3.05, 3.63) is 41.5 Å². The van der Waals surface area contributed by atoms with Crippen LogP contribution in [0.3, 0.4) is 0 Å². The van der Waals surface area contributed by atoms with E-state index in [1.165, 1.54) is 12.8 Å². The van der Waals surface area contributed by atoms with E-state index in [1.54, 1.807) is 6.07 Å². The summed E-state index contributed by atoms with van der Waals surface area (Å²) in [6.07, 6.45) is 6.45. The zero-order valence-electron chi connectivity index (χ0n) is 12.7. The molecular formula is C17H22FN3. The summed E-state index contributed by atoms with van der Waals surface area (Å²) < 4.78 is 15.8. The second-order valence-corrected chi connectivity index (χ2v) is 5.87. The van der Waals surface area contributed by atoms with Gasteiger partial charge in [-0.05, 0) is 37.0 Å². The van der Waals surface area contributed by atoms with E-state index in [0.717, 1.165) is 35.2 Å². The Kier molecular flexibility index (Phi) is 4.06. The Morgan fingerprint density at radius 2 is 2.19 bits per heavy atom. The van der Waals surface area contributed by atoms with Crippen LogP contribution in [0.2, 0.25) is 0 Å². The summed E-state index contributed by atoms with van der Waals surface area (Å²) >= 11 is 0. The zero-order chi connectivity index (χ0) is 14.8. The van der Waals surface area contributed by atoms with Gasteiger partial charge in [-0.2, -0.15) is 5.10 Å². The molecule has 0 unspecified atom stereocenters.